The molecule has 0 aliphatic carbocycles. The van der Waals surface area contributed by atoms with E-state index in [4.69, 9.17) is 36.3 Å². The largest absolute Gasteiger partial charge is 0.459 e. The Morgan fingerprint density at radius 1 is 0.844 bits per heavy atom. The van der Waals surface area contributed by atoms with Crippen molar-refractivity contribution in [3.8, 4) is 0 Å². The number of hydrogen-bond donors (Lipinski definition) is 1. The minimum Gasteiger partial charge on any atom is -0.459 e. The second-order valence-electron chi connectivity index (χ2n) is 10.4. The van der Waals surface area contributed by atoms with Crippen LogP contribution in [0.15, 0.2) is 97.3 Å². The van der Waals surface area contributed by atoms with Gasteiger partial charge in [-0.3, -0.25) is 4.57 Å². The number of carbonyl (C=O) groups excluding carboxylic acids is 3. The third kappa shape index (κ3) is 6.06. The number of nitrogens with two attached hydrogens (primary N) is 1. The molecular formula is C32H26ClN5O7. The van der Waals surface area contributed by atoms with Gasteiger partial charge in [0.1, 0.15) is 17.7 Å². The van der Waals surface area contributed by atoms with Gasteiger partial charge in [0.15, 0.2) is 29.2 Å². The minimum absolute atomic E-state index is 0.00122. The molecule has 0 spiro atoms. The number of imidazole rings is 1. The lowest BCUT2D eigenvalue weighted by atomic mass is 9.97. The number of carbonyl (C=O) groups is 3. The van der Waals surface area contributed by atoms with E-state index < -0.39 is 41.9 Å². The molecule has 1 saturated heterocycles. The maximum Gasteiger partial charge on any atom is 0.338 e. The van der Waals surface area contributed by atoms with Crippen LogP contribution < -0.4 is 5.73 Å². The molecule has 45 heavy (non-hydrogen) atoms. The number of rotatable bonds is 8. The summed E-state index contributed by atoms with van der Waals surface area (Å²) < 4.78 is 25.7. The fourth-order valence-electron chi connectivity index (χ4n) is 5.02. The molecular weight excluding hydrogens is 602 g/mol. The highest BCUT2D eigenvalue weighted by atomic mass is 35.5. The summed E-state index contributed by atoms with van der Waals surface area (Å²) in [5, 5.41) is -0.00122. The van der Waals surface area contributed by atoms with Crippen LogP contribution in [0.3, 0.4) is 0 Å². The number of hydrogen-bond acceptors (Lipinski definition) is 11. The van der Waals surface area contributed by atoms with Gasteiger partial charge in [0.05, 0.1) is 23.0 Å². The monoisotopic (exact) mass is 627 g/mol. The lowest BCUT2D eigenvalue weighted by molar-refractivity contribution is -0.120. The summed E-state index contributed by atoms with van der Waals surface area (Å²) in [5.74, 6) is -2.18. The van der Waals surface area contributed by atoms with Crippen molar-refractivity contribution in [1.82, 2.24) is 19.5 Å². The van der Waals surface area contributed by atoms with Crippen molar-refractivity contribution in [3.05, 3.63) is 119 Å². The van der Waals surface area contributed by atoms with Crippen molar-refractivity contribution >= 4 is 46.6 Å². The van der Waals surface area contributed by atoms with E-state index in [1.54, 1.807) is 97.9 Å². The summed E-state index contributed by atoms with van der Waals surface area (Å²) in [6.45, 7) is 1.21. The highest BCUT2D eigenvalue weighted by Gasteiger charge is 2.59. The fraction of sp³-hybridized carbons (Fsp3) is 0.188. The normalized spacial score (nSPS) is 20.9. The number of benzene rings is 3. The Morgan fingerprint density at radius 3 is 1.96 bits per heavy atom. The average Bonchev–Trinajstić information content (AvgIpc) is 3.60. The molecule has 0 amide bonds. The second-order valence-corrected chi connectivity index (χ2v) is 10.7. The van der Waals surface area contributed by atoms with Crippen molar-refractivity contribution in [1.29, 1.82) is 0 Å². The summed E-state index contributed by atoms with van der Waals surface area (Å²) in [4.78, 5) is 52.4. The third-order valence-electron chi connectivity index (χ3n) is 7.24. The lowest BCUT2D eigenvalue weighted by Crippen LogP contribution is -2.48. The number of anilines is 1. The van der Waals surface area contributed by atoms with Gasteiger partial charge in [0, 0.05) is 0 Å². The Morgan fingerprint density at radius 2 is 1.38 bits per heavy atom. The van der Waals surface area contributed by atoms with E-state index in [0.29, 0.717) is 5.56 Å². The molecule has 1 aliphatic heterocycles. The van der Waals surface area contributed by atoms with E-state index in [2.05, 4.69) is 15.0 Å². The van der Waals surface area contributed by atoms with Crippen LogP contribution >= 0.6 is 11.6 Å². The van der Waals surface area contributed by atoms with E-state index >= 15 is 0 Å². The summed E-state index contributed by atoms with van der Waals surface area (Å²) in [6.07, 6.45) is -2.41. The molecule has 6 rings (SSSR count). The van der Waals surface area contributed by atoms with E-state index in [0.717, 1.165) is 0 Å². The average molecular weight is 628 g/mol. The van der Waals surface area contributed by atoms with Crippen LogP contribution in [0.1, 0.15) is 44.2 Å². The number of esters is 3. The molecule has 5 aromatic rings. The van der Waals surface area contributed by atoms with Gasteiger partial charge in [0.2, 0.25) is 5.95 Å². The molecule has 2 N–H and O–H groups in total. The Hall–Kier alpha value is -5.33. The van der Waals surface area contributed by atoms with Gasteiger partial charge in [0.25, 0.3) is 0 Å². The lowest BCUT2D eigenvalue weighted by Gasteiger charge is -2.30. The Balaban J connectivity index is 1.42. The molecule has 2 aromatic heterocycles. The first kappa shape index (κ1) is 29.7. The van der Waals surface area contributed by atoms with Crippen LogP contribution in [-0.2, 0) is 18.9 Å². The number of aromatic nitrogens is 4. The van der Waals surface area contributed by atoms with E-state index in [1.807, 2.05) is 0 Å². The molecule has 1 fully saturated rings. The summed E-state index contributed by atoms with van der Waals surface area (Å²) in [5.41, 5.74) is 5.54. The second kappa shape index (κ2) is 12.3. The number of nitrogen functional groups attached to an aromatic ring is 1. The molecule has 4 atom stereocenters. The number of fused-ring (bicyclic) bond motifs is 1. The van der Waals surface area contributed by atoms with Gasteiger partial charge in [-0.05, 0) is 43.3 Å². The number of halogens is 1. The Labute approximate surface area is 261 Å². The summed E-state index contributed by atoms with van der Waals surface area (Å²) in [7, 11) is 0. The van der Waals surface area contributed by atoms with E-state index in [1.165, 1.54) is 10.9 Å². The van der Waals surface area contributed by atoms with Gasteiger partial charge in [-0.15, -0.1) is 0 Å². The molecule has 2 unspecified atom stereocenters. The quantitative estimate of drug-likeness (QED) is 0.145. The third-order valence-corrected chi connectivity index (χ3v) is 7.50. The highest BCUT2D eigenvalue weighted by Crippen LogP contribution is 2.43. The Bertz CT molecular complexity index is 1860. The van der Waals surface area contributed by atoms with Gasteiger partial charge in [-0.25, -0.2) is 19.4 Å². The summed E-state index contributed by atoms with van der Waals surface area (Å²) in [6, 6.07) is 25.0. The van der Waals surface area contributed by atoms with Crippen molar-refractivity contribution in [3.63, 3.8) is 0 Å². The van der Waals surface area contributed by atoms with E-state index in [-0.39, 0.29) is 40.0 Å². The molecule has 228 valence electrons. The van der Waals surface area contributed by atoms with E-state index in [9.17, 15) is 14.4 Å². The van der Waals surface area contributed by atoms with Gasteiger partial charge in [-0.1, -0.05) is 66.2 Å². The first-order valence-electron chi connectivity index (χ1n) is 13.8. The first-order valence-corrected chi connectivity index (χ1v) is 14.2. The molecule has 0 saturated carbocycles. The first-order chi connectivity index (χ1) is 21.7. The zero-order chi connectivity index (χ0) is 31.6. The molecule has 12 nitrogen and oxygen atoms in total. The van der Waals surface area contributed by atoms with Crippen LogP contribution in [0.4, 0.5) is 5.95 Å². The maximum atomic E-state index is 13.5. The van der Waals surface area contributed by atoms with Gasteiger partial charge >= 0.3 is 17.9 Å². The predicted octanol–water partition coefficient (Wildman–Crippen LogP) is 4.66. The van der Waals surface area contributed by atoms with Crippen LogP contribution in [0.25, 0.3) is 11.2 Å². The van der Waals surface area contributed by atoms with Crippen LogP contribution in [-0.4, -0.2) is 61.8 Å². The smallest absolute Gasteiger partial charge is 0.338 e. The summed E-state index contributed by atoms with van der Waals surface area (Å²) >= 11 is 6.29. The zero-order valence-corrected chi connectivity index (χ0v) is 24.5. The predicted molar refractivity (Wildman–Crippen MR) is 161 cm³/mol. The zero-order valence-electron chi connectivity index (χ0n) is 23.8. The minimum atomic E-state index is -1.54. The van der Waals surface area contributed by atoms with Gasteiger partial charge in [-0.2, -0.15) is 9.97 Å². The molecule has 3 heterocycles. The van der Waals surface area contributed by atoms with Gasteiger partial charge < -0.3 is 24.7 Å². The van der Waals surface area contributed by atoms with Crippen LogP contribution in [0.2, 0.25) is 5.15 Å². The van der Waals surface area contributed by atoms with Crippen molar-refractivity contribution in [2.24, 2.45) is 0 Å². The topological polar surface area (TPSA) is 158 Å². The molecule has 3 aromatic carbocycles. The van der Waals surface area contributed by atoms with Crippen molar-refractivity contribution in [2.75, 3.05) is 12.3 Å². The fourth-order valence-corrected chi connectivity index (χ4v) is 5.24. The molecule has 1 aliphatic rings. The standard InChI is InChI=1S/C32H26ClN5O7/c1-32(17-42-28(39)19-11-5-2-6-12-19)24(44-30(41)21-15-9-4-10-16-21)23(43-29(40)20-13-7-3-8-14-20)27(45-32)38-18-35-22-25(33)36-31(34)37-26(22)38/h2-16,18,23-24,27H,17H2,1H3,(H2,34,36,37)/t23?,24?,27-,32-/m1/s1. The molecule has 13 heteroatoms. The number of nitrogens with zero attached hydrogens (tertiary/aromatic N) is 4. The number of ether oxygens (including phenoxy) is 4. The molecule has 0 bridgehead atoms. The molecule has 0 radical (unpaired) electrons. The highest BCUT2D eigenvalue weighted by molar-refractivity contribution is 6.33. The van der Waals surface area contributed by atoms with Crippen LogP contribution in [0.5, 0.6) is 0 Å². The Kier molecular flexibility index (Phi) is 8.16. The van der Waals surface area contributed by atoms with Crippen molar-refractivity contribution < 1.29 is 33.3 Å². The SMILES string of the molecule is C[C@]1(COC(=O)c2ccccc2)O[C@@H](n2cnc3c(Cl)nc(N)nc32)C(OC(=O)c2ccccc2)C1OC(=O)c1ccccc1. The van der Waals surface area contributed by atoms with Crippen molar-refractivity contribution in [2.45, 2.75) is 31.0 Å². The van der Waals surface area contributed by atoms with Crippen LogP contribution in [0, 0.1) is 0 Å². The maximum absolute atomic E-state index is 13.5.